The van der Waals surface area contributed by atoms with Crippen molar-refractivity contribution in [2.45, 2.75) is 26.9 Å². The molecular weight excluding hydrogens is 184 g/mol. The zero-order valence-electron chi connectivity index (χ0n) is 8.31. The van der Waals surface area contributed by atoms with Gasteiger partial charge in [0.05, 0.1) is 6.10 Å². The minimum absolute atomic E-state index is 0.0362. The topological polar surface area (TPSA) is 72.3 Å². The van der Waals surface area contributed by atoms with Crippen molar-refractivity contribution in [1.29, 1.82) is 0 Å². The second-order valence-electron chi connectivity index (χ2n) is 3.14. The number of hydrogen-bond acceptors (Lipinski definition) is 4. The second kappa shape index (κ2) is 4.04. The minimum Gasteiger partial charge on any atom is -0.475 e. The van der Waals surface area contributed by atoms with Crippen LogP contribution in [0.4, 0.5) is 0 Å². The average Bonchev–Trinajstić information content (AvgIpc) is 2.01. The van der Waals surface area contributed by atoms with E-state index in [1.54, 1.807) is 13.0 Å². The van der Waals surface area contributed by atoms with E-state index in [1.165, 1.54) is 0 Å². The summed E-state index contributed by atoms with van der Waals surface area (Å²) in [6, 6.07) is 1.60. The highest BCUT2D eigenvalue weighted by Gasteiger charge is 2.10. The number of ether oxygens (including phenoxy) is 1. The third-order valence-electron chi connectivity index (χ3n) is 1.38. The number of nitrogens with zero attached hydrogens (tertiary/aromatic N) is 2. The Balaban J connectivity index is 3.01. The summed E-state index contributed by atoms with van der Waals surface area (Å²) >= 11 is 0. The van der Waals surface area contributed by atoms with Crippen molar-refractivity contribution in [2.75, 3.05) is 0 Å². The summed E-state index contributed by atoms with van der Waals surface area (Å²) < 4.78 is 5.27. The normalized spacial score (nSPS) is 10.3. The number of aromatic nitrogens is 2. The molecule has 0 radical (unpaired) electrons. The SMILES string of the molecule is Cc1cc(OC(C)C)nc(C(=O)O)n1. The van der Waals surface area contributed by atoms with E-state index >= 15 is 0 Å². The first-order valence-corrected chi connectivity index (χ1v) is 4.24. The summed E-state index contributed by atoms with van der Waals surface area (Å²) in [7, 11) is 0. The lowest BCUT2D eigenvalue weighted by Crippen LogP contribution is -2.11. The van der Waals surface area contributed by atoms with Crippen LogP contribution in [0.3, 0.4) is 0 Å². The maximum absolute atomic E-state index is 10.6. The molecule has 0 aliphatic rings. The molecule has 1 heterocycles. The summed E-state index contributed by atoms with van der Waals surface area (Å²) in [6.07, 6.45) is -0.0362. The van der Waals surface area contributed by atoms with Gasteiger partial charge in [-0.1, -0.05) is 0 Å². The molecule has 14 heavy (non-hydrogen) atoms. The minimum atomic E-state index is -1.15. The Morgan fingerprint density at radius 1 is 1.50 bits per heavy atom. The van der Waals surface area contributed by atoms with Crippen LogP contribution in [0.15, 0.2) is 6.07 Å². The van der Waals surface area contributed by atoms with Gasteiger partial charge in [0.1, 0.15) is 0 Å². The van der Waals surface area contributed by atoms with E-state index in [1.807, 2.05) is 13.8 Å². The Morgan fingerprint density at radius 2 is 2.14 bits per heavy atom. The highest BCUT2D eigenvalue weighted by Crippen LogP contribution is 2.10. The average molecular weight is 196 g/mol. The van der Waals surface area contributed by atoms with Gasteiger partial charge in [-0.25, -0.2) is 9.78 Å². The lowest BCUT2D eigenvalue weighted by atomic mass is 10.4. The summed E-state index contributed by atoms with van der Waals surface area (Å²) in [5.41, 5.74) is 0.577. The molecule has 0 amide bonds. The number of hydrogen-bond donors (Lipinski definition) is 1. The van der Waals surface area contributed by atoms with Gasteiger partial charge in [-0.05, 0) is 20.8 Å². The molecule has 1 N–H and O–H groups in total. The predicted octanol–water partition coefficient (Wildman–Crippen LogP) is 1.27. The molecule has 0 atom stereocenters. The Hall–Kier alpha value is -1.65. The third kappa shape index (κ3) is 2.69. The molecule has 1 rings (SSSR count). The quantitative estimate of drug-likeness (QED) is 0.788. The van der Waals surface area contributed by atoms with Crippen molar-refractivity contribution in [1.82, 2.24) is 9.97 Å². The number of aryl methyl sites for hydroxylation is 1. The Labute approximate surface area is 81.8 Å². The molecule has 0 unspecified atom stereocenters. The van der Waals surface area contributed by atoms with Crippen LogP contribution in [-0.2, 0) is 0 Å². The maximum Gasteiger partial charge on any atom is 0.374 e. The van der Waals surface area contributed by atoms with Gasteiger partial charge in [0.25, 0.3) is 0 Å². The van der Waals surface area contributed by atoms with Gasteiger partial charge in [0.15, 0.2) is 0 Å². The van der Waals surface area contributed by atoms with E-state index < -0.39 is 5.97 Å². The molecule has 0 spiro atoms. The Bertz CT molecular complexity index is 350. The first-order valence-electron chi connectivity index (χ1n) is 4.24. The van der Waals surface area contributed by atoms with Crippen molar-refractivity contribution in [2.24, 2.45) is 0 Å². The van der Waals surface area contributed by atoms with E-state index in [2.05, 4.69) is 9.97 Å². The second-order valence-corrected chi connectivity index (χ2v) is 3.14. The van der Waals surface area contributed by atoms with Crippen molar-refractivity contribution in [3.63, 3.8) is 0 Å². The molecule has 0 aromatic carbocycles. The smallest absolute Gasteiger partial charge is 0.374 e. The van der Waals surface area contributed by atoms with Crippen molar-refractivity contribution in [3.05, 3.63) is 17.6 Å². The molecule has 76 valence electrons. The van der Waals surface area contributed by atoms with E-state index in [0.717, 1.165) is 0 Å². The van der Waals surface area contributed by atoms with Crippen LogP contribution < -0.4 is 4.74 Å². The van der Waals surface area contributed by atoms with Gasteiger partial charge >= 0.3 is 5.97 Å². The number of carboxylic acids is 1. The van der Waals surface area contributed by atoms with Crippen LogP contribution in [0, 0.1) is 6.92 Å². The van der Waals surface area contributed by atoms with Gasteiger partial charge in [-0.15, -0.1) is 0 Å². The zero-order chi connectivity index (χ0) is 10.7. The lowest BCUT2D eigenvalue weighted by Gasteiger charge is -2.08. The first-order chi connectivity index (χ1) is 6.49. The zero-order valence-corrected chi connectivity index (χ0v) is 8.31. The lowest BCUT2D eigenvalue weighted by molar-refractivity contribution is 0.0680. The van der Waals surface area contributed by atoms with Crippen molar-refractivity contribution < 1.29 is 14.6 Å². The summed E-state index contributed by atoms with van der Waals surface area (Å²) in [5.74, 6) is -1.09. The fourth-order valence-electron chi connectivity index (χ4n) is 0.937. The molecule has 1 aromatic rings. The van der Waals surface area contributed by atoms with Crippen molar-refractivity contribution >= 4 is 5.97 Å². The van der Waals surface area contributed by atoms with Crippen LogP contribution in [-0.4, -0.2) is 27.1 Å². The largest absolute Gasteiger partial charge is 0.475 e. The van der Waals surface area contributed by atoms with Gasteiger partial charge in [0, 0.05) is 11.8 Å². The highest BCUT2D eigenvalue weighted by atomic mass is 16.5. The maximum atomic E-state index is 10.6. The molecule has 1 aromatic heterocycles. The Morgan fingerprint density at radius 3 is 2.64 bits per heavy atom. The molecule has 0 aliphatic heterocycles. The highest BCUT2D eigenvalue weighted by molar-refractivity contribution is 5.83. The van der Waals surface area contributed by atoms with Crippen LogP contribution >= 0.6 is 0 Å². The van der Waals surface area contributed by atoms with E-state index in [9.17, 15) is 4.79 Å². The van der Waals surface area contributed by atoms with Crippen LogP contribution in [0.2, 0.25) is 0 Å². The van der Waals surface area contributed by atoms with E-state index in [0.29, 0.717) is 11.6 Å². The van der Waals surface area contributed by atoms with E-state index in [4.69, 9.17) is 9.84 Å². The van der Waals surface area contributed by atoms with Crippen LogP contribution in [0.5, 0.6) is 5.88 Å². The summed E-state index contributed by atoms with van der Waals surface area (Å²) in [5, 5.41) is 8.69. The molecule has 0 fully saturated rings. The fourth-order valence-corrected chi connectivity index (χ4v) is 0.937. The molecule has 0 bridgehead atoms. The summed E-state index contributed by atoms with van der Waals surface area (Å²) in [6.45, 7) is 5.39. The Kier molecular flexibility index (Phi) is 3.01. The van der Waals surface area contributed by atoms with Gasteiger partial charge in [-0.3, -0.25) is 0 Å². The van der Waals surface area contributed by atoms with Crippen LogP contribution in [0.25, 0.3) is 0 Å². The third-order valence-corrected chi connectivity index (χ3v) is 1.38. The predicted molar refractivity (Wildman–Crippen MR) is 49.5 cm³/mol. The first kappa shape index (κ1) is 10.4. The number of rotatable bonds is 3. The number of carbonyl (C=O) groups is 1. The van der Waals surface area contributed by atoms with Crippen molar-refractivity contribution in [3.8, 4) is 5.88 Å². The summed E-state index contributed by atoms with van der Waals surface area (Å²) in [4.78, 5) is 18.1. The van der Waals surface area contributed by atoms with E-state index in [-0.39, 0.29) is 11.9 Å². The molecule has 0 saturated heterocycles. The van der Waals surface area contributed by atoms with Gasteiger partial charge < -0.3 is 9.84 Å². The molecule has 5 nitrogen and oxygen atoms in total. The monoisotopic (exact) mass is 196 g/mol. The molecule has 5 heteroatoms. The fraction of sp³-hybridized carbons (Fsp3) is 0.444. The number of aromatic carboxylic acids is 1. The molecular formula is C9H12N2O3. The standard InChI is InChI=1S/C9H12N2O3/c1-5(2)14-7-4-6(3)10-8(11-7)9(12)13/h4-5H,1-3H3,(H,12,13). The van der Waals surface area contributed by atoms with Gasteiger partial charge in [0.2, 0.25) is 11.7 Å². The van der Waals surface area contributed by atoms with Gasteiger partial charge in [-0.2, -0.15) is 4.98 Å². The molecule has 0 aliphatic carbocycles. The molecule has 0 saturated carbocycles. The number of carboxylic acid groups (broad SMARTS) is 1. The van der Waals surface area contributed by atoms with Crippen LogP contribution in [0.1, 0.15) is 30.2 Å².